The number of anilines is 1. The molecule has 0 aliphatic carbocycles. The van der Waals surface area contributed by atoms with E-state index in [0.717, 1.165) is 5.56 Å². The molecule has 3 amide bonds. The van der Waals surface area contributed by atoms with Crippen molar-refractivity contribution in [2.75, 3.05) is 11.9 Å². The minimum Gasteiger partial charge on any atom is -0.394 e. The van der Waals surface area contributed by atoms with Crippen molar-refractivity contribution in [2.24, 2.45) is 11.8 Å². The minimum absolute atomic E-state index is 0.204. The van der Waals surface area contributed by atoms with Crippen molar-refractivity contribution >= 4 is 50.9 Å². The Labute approximate surface area is 222 Å². The molecule has 8 nitrogen and oxygen atoms in total. The van der Waals surface area contributed by atoms with Gasteiger partial charge in [0.2, 0.25) is 17.7 Å². The molecule has 0 aromatic heterocycles. The van der Waals surface area contributed by atoms with E-state index in [-0.39, 0.29) is 23.2 Å². The van der Waals surface area contributed by atoms with Crippen LogP contribution in [0, 0.1) is 11.8 Å². The Balaban J connectivity index is 1.46. The molecule has 3 aliphatic rings. The lowest BCUT2D eigenvalue weighted by Crippen LogP contribution is -2.56. The van der Waals surface area contributed by atoms with Gasteiger partial charge in [0.1, 0.15) is 11.6 Å². The van der Waals surface area contributed by atoms with Crippen LogP contribution in [0.4, 0.5) is 5.69 Å². The number of ether oxygens (including phenoxy) is 1. The number of likely N-dealkylation sites (tertiary alicyclic amines) is 1. The van der Waals surface area contributed by atoms with E-state index in [4.69, 9.17) is 16.3 Å². The van der Waals surface area contributed by atoms with E-state index in [1.807, 2.05) is 30.3 Å². The zero-order valence-corrected chi connectivity index (χ0v) is 21.9. The highest BCUT2D eigenvalue weighted by molar-refractivity contribution is 9.09. The summed E-state index contributed by atoms with van der Waals surface area (Å²) < 4.78 is 6.43. The third kappa shape index (κ3) is 4.12. The molecule has 2 aromatic rings. The molecule has 3 N–H and O–H groups in total. The van der Waals surface area contributed by atoms with Gasteiger partial charge in [-0.05, 0) is 43.2 Å². The summed E-state index contributed by atoms with van der Waals surface area (Å²) in [5, 5.41) is 16.3. The molecule has 7 atom stereocenters. The first-order valence-corrected chi connectivity index (χ1v) is 13.2. The summed E-state index contributed by atoms with van der Waals surface area (Å²) in [6.07, 6.45) is -0.156. The largest absolute Gasteiger partial charge is 0.394 e. The highest BCUT2D eigenvalue weighted by Gasteiger charge is 2.76. The maximum absolute atomic E-state index is 13.8. The number of alkyl halides is 1. The number of aliphatic hydroxyl groups is 1. The van der Waals surface area contributed by atoms with Gasteiger partial charge in [0.15, 0.2) is 0 Å². The van der Waals surface area contributed by atoms with Crippen molar-refractivity contribution in [2.45, 2.75) is 48.5 Å². The molecule has 36 heavy (non-hydrogen) atoms. The first-order valence-electron chi connectivity index (χ1n) is 11.9. The molecule has 3 fully saturated rings. The maximum atomic E-state index is 13.8. The molecule has 0 radical (unpaired) electrons. The second kappa shape index (κ2) is 9.78. The van der Waals surface area contributed by atoms with Gasteiger partial charge >= 0.3 is 0 Å². The Morgan fingerprint density at radius 1 is 1.19 bits per heavy atom. The molecule has 190 valence electrons. The SMILES string of the molecule is C[C@H](CO)N1C(=O)[C@@H]2[C@H](C(=O)NCc3ccccc3)[C@H]3OC2(CC3Br)C1C(=O)Nc1ccc(Cl)cc1. The highest BCUT2D eigenvalue weighted by Crippen LogP contribution is 2.60. The number of nitrogens with one attached hydrogen (secondary N) is 2. The van der Waals surface area contributed by atoms with Gasteiger partial charge in [0, 0.05) is 22.1 Å². The van der Waals surface area contributed by atoms with E-state index in [9.17, 15) is 19.5 Å². The highest BCUT2D eigenvalue weighted by atomic mass is 79.9. The predicted octanol–water partition coefficient (Wildman–Crippen LogP) is 2.72. The average molecular weight is 577 g/mol. The fourth-order valence-electron chi connectivity index (χ4n) is 5.88. The monoisotopic (exact) mass is 575 g/mol. The van der Waals surface area contributed by atoms with Crippen LogP contribution in [0.15, 0.2) is 54.6 Å². The normalized spacial score (nSPS) is 31.3. The van der Waals surface area contributed by atoms with E-state index in [0.29, 0.717) is 23.7 Å². The molecule has 3 aliphatic heterocycles. The minimum atomic E-state index is -1.19. The van der Waals surface area contributed by atoms with Gasteiger partial charge in [-0.25, -0.2) is 0 Å². The first kappa shape index (κ1) is 25.2. The van der Waals surface area contributed by atoms with Crippen molar-refractivity contribution in [1.29, 1.82) is 0 Å². The Morgan fingerprint density at radius 3 is 2.56 bits per heavy atom. The third-order valence-electron chi connectivity index (χ3n) is 7.44. The van der Waals surface area contributed by atoms with E-state index in [1.54, 1.807) is 31.2 Å². The van der Waals surface area contributed by atoms with Crippen molar-refractivity contribution in [3.63, 3.8) is 0 Å². The van der Waals surface area contributed by atoms with Gasteiger partial charge in [-0.2, -0.15) is 0 Å². The second-order valence-electron chi connectivity index (χ2n) is 9.64. The van der Waals surface area contributed by atoms with Gasteiger partial charge < -0.3 is 25.4 Å². The number of carbonyl (C=O) groups is 3. The fraction of sp³-hybridized carbons (Fsp3) is 0.423. The van der Waals surface area contributed by atoms with E-state index in [2.05, 4.69) is 26.6 Å². The van der Waals surface area contributed by atoms with Gasteiger partial charge in [0.05, 0.1) is 30.6 Å². The van der Waals surface area contributed by atoms with Crippen LogP contribution in [0.2, 0.25) is 5.02 Å². The van der Waals surface area contributed by atoms with Gasteiger partial charge in [-0.1, -0.05) is 57.9 Å². The molecule has 5 rings (SSSR count). The zero-order chi connectivity index (χ0) is 25.6. The summed E-state index contributed by atoms with van der Waals surface area (Å²) in [6, 6.07) is 14.5. The Hall–Kier alpha value is -2.46. The number of hydrogen-bond acceptors (Lipinski definition) is 5. The molecule has 3 saturated heterocycles. The van der Waals surface area contributed by atoms with Gasteiger partial charge in [0.25, 0.3) is 0 Å². The van der Waals surface area contributed by atoms with Crippen molar-refractivity contribution in [3.8, 4) is 0 Å². The van der Waals surface area contributed by atoms with Crippen LogP contribution in [0.3, 0.4) is 0 Å². The van der Waals surface area contributed by atoms with Gasteiger partial charge in [-0.3, -0.25) is 14.4 Å². The summed E-state index contributed by atoms with van der Waals surface area (Å²) in [5.74, 6) is -2.67. The first-order chi connectivity index (χ1) is 17.3. The van der Waals surface area contributed by atoms with Crippen LogP contribution in [-0.2, 0) is 25.7 Å². The molecule has 1 spiro atoms. The van der Waals surface area contributed by atoms with Crippen LogP contribution in [0.25, 0.3) is 0 Å². The quantitative estimate of drug-likeness (QED) is 0.440. The fourth-order valence-corrected chi connectivity index (χ4v) is 6.94. The Bertz CT molecular complexity index is 1170. The lowest BCUT2D eigenvalue weighted by Gasteiger charge is -2.35. The molecular weight excluding hydrogens is 550 g/mol. The van der Waals surface area contributed by atoms with E-state index >= 15 is 0 Å². The third-order valence-corrected chi connectivity index (χ3v) is 8.54. The number of halogens is 2. The van der Waals surface area contributed by atoms with Crippen LogP contribution >= 0.6 is 27.5 Å². The molecule has 10 heteroatoms. The summed E-state index contributed by atoms with van der Waals surface area (Å²) in [7, 11) is 0. The smallest absolute Gasteiger partial charge is 0.250 e. The van der Waals surface area contributed by atoms with Crippen molar-refractivity contribution in [3.05, 3.63) is 65.2 Å². The van der Waals surface area contributed by atoms with E-state index < -0.39 is 41.5 Å². The zero-order valence-electron chi connectivity index (χ0n) is 19.6. The number of benzene rings is 2. The number of rotatable bonds is 7. The Kier molecular flexibility index (Phi) is 6.84. The number of nitrogens with zero attached hydrogens (tertiary/aromatic N) is 1. The number of carbonyl (C=O) groups excluding carboxylic acids is 3. The summed E-state index contributed by atoms with van der Waals surface area (Å²) >= 11 is 9.62. The molecular formula is C26H27BrClN3O5. The number of fused-ring (bicyclic) bond motifs is 1. The average Bonchev–Trinajstić information content (AvgIpc) is 3.47. The summed E-state index contributed by atoms with van der Waals surface area (Å²) in [4.78, 5) is 42.1. The second-order valence-corrected chi connectivity index (χ2v) is 11.3. The van der Waals surface area contributed by atoms with Crippen molar-refractivity contribution in [1.82, 2.24) is 10.2 Å². The summed E-state index contributed by atoms with van der Waals surface area (Å²) in [6.45, 7) is 1.67. The standard InChI is InChI=1S/C26H27BrClN3O5/c1-14(13-32)31-22(24(34)30-17-9-7-16(28)8-10-17)26-11-18(27)21(36-26)19(20(26)25(31)35)23(33)29-12-15-5-3-2-4-6-15/h2-10,14,18-22,32H,11-13H2,1H3,(H,29,33)(H,30,34)/t14-,18?,19+,20+,21+,22?,26?/m1/s1. The lowest BCUT2D eigenvalue weighted by molar-refractivity contribution is -0.143. The van der Waals surface area contributed by atoms with E-state index in [1.165, 1.54) is 4.90 Å². The molecule has 3 unspecified atom stereocenters. The Morgan fingerprint density at radius 2 is 1.89 bits per heavy atom. The van der Waals surface area contributed by atoms with Crippen molar-refractivity contribution < 1.29 is 24.2 Å². The lowest BCUT2D eigenvalue weighted by atomic mass is 9.70. The van der Waals surface area contributed by atoms with Crippen LogP contribution in [-0.4, -0.2) is 63.0 Å². The maximum Gasteiger partial charge on any atom is 0.250 e. The molecule has 0 saturated carbocycles. The van der Waals surface area contributed by atoms with Crippen LogP contribution < -0.4 is 10.6 Å². The van der Waals surface area contributed by atoms with Crippen LogP contribution in [0.1, 0.15) is 18.9 Å². The van der Waals surface area contributed by atoms with Crippen LogP contribution in [0.5, 0.6) is 0 Å². The van der Waals surface area contributed by atoms with Gasteiger partial charge in [-0.15, -0.1) is 0 Å². The predicted molar refractivity (Wildman–Crippen MR) is 137 cm³/mol. The number of aliphatic hydroxyl groups excluding tert-OH is 1. The molecule has 2 aromatic carbocycles. The number of hydrogen-bond donors (Lipinski definition) is 3. The topological polar surface area (TPSA) is 108 Å². The summed E-state index contributed by atoms with van der Waals surface area (Å²) in [5.41, 5.74) is 0.270. The molecule has 2 bridgehead atoms. The molecule has 3 heterocycles. The number of amides is 3.